The van der Waals surface area contributed by atoms with Gasteiger partial charge in [-0.05, 0) is 18.2 Å². The lowest BCUT2D eigenvalue weighted by atomic mass is 10.2. The Bertz CT molecular complexity index is 1030. The number of nitrogens with zero attached hydrogens (tertiary/aromatic N) is 5. The van der Waals surface area contributed by atoms with Crippen LogP contribution >= 0.6 is 11.3 Å². The van der Waals surface area contributed by atoms with E-state index in [9.17, 15) is 14.7 Å². The van der Waals surface area contributed by atoms with Gasteiger partial charge in [0.15, 0.2) is 5.13 Å². The number of thiazole rings is 1. The van der Waals surface area contributed by atoms with E-state index in [0.717, 1.165) is 5.69 Å². The van der Waals surface area contributed by atoms with Crippen LogP contribution in [0, 0.1) is 0 Å². The molecule has 1 fully saturated rings. The second-order valence-corrected chi connectivity index (χ2v) is 7.56. The number of piperazine rings is 1. The van der Waals surface area contributed by atoms with Crippen molar-refractivity contribution >= 4 is 34.0 Å². The molecule has 30 heavy (non-hydrogen) atoms. The van der Waals surface area contributed by atoms with Gasteiger partial charge < -0.3 is 14.9 Å². The van der Waals surface area contributed by atoms with Gasteiger partial charge >= 0.3 is 0 Å². The van der Waals surface area contributed by atoms with Crippen LogP contribution in [-0.2, 0) is 11.2 Å². The van der Waals surface area contributed by atoms with E-state index in [0.29, 0.717) is 37.0 Å². The molecule has 0 atom stereocenters. The Kier molecular flexibility index (Phi) is 5.84. The first-order valence-corrected chi connectivity index (χ1v) is 10.3. The lowest BCUT2D eigenvalue weighted by molar-refractivity contribution is -0.130. The summed E-state index contributed by atoms with van der Waals surface area (Å²) in [5.41, 5.74) is 1.39. The number of aromatic nitrogens is 3. The molecule has 10 heteroatoms. The minimum absolute atomic E-state index is 0.0125. The molecule has 1 aliphatic heterocycles. The largest absolute Gasteiger partial charge is 0.506 e. The van der Waals surface area contributed by atoms with Crippen LogP contribution < -0.4 is 10.2 Å². The Morgan fingerprint density at radius 2 is 1.80 bits per heavy atom. The van der Waals surface area contributed by atoms with E-state index in [2.05, 4.69) is 25.2 Å². The van der Waals surface area contributed by atoms with Crippen LogP contribution in [0.2, 0.25) is 0 Å². The maximum Gasteiger partial charge on any atom is 0.295 e. The van der Waals surface area contributed by atoms with Crippen LogP contribution in [0.3, 0.4) is 0 Å². The topological polar surface area (TPSA) is 112 Å². The molecule has 2 amide bonds. The van der Waals surface area contributed by atoms with Crippen molar-refractivity contribution in [3.63, 3.8) is 0 Å². The quantitative estimate of drug-likeness (QED) is 0.642. The van der Waals surface area contributed by atoms with Gasteiger partial charge in [0, 0.05) is 44.0 Å². The van der Waals surface area contributed by atoms with Crippen molar-refractivity contribution in [3.05, 3.63) is 59.6 Å². The number of hydrogen-bond donors (Lipinski definition) is 2. The fraction of sp³-hybridized carbons (Fsp3) is 0.250. The molecule has 3 heterocycles. The minimum atomic E-state index is -0.442. The first-order valence-electron chi connectivity index (χ1n) is 9.43. The highest BCUT2D eigenvalue weighted by Gasteiger charge is 2.23. The third-order valence-corrected chi connectivity index (χ3v) is 5.53. The standard InChI is InChI=1S/C20H20N6O3S/c27-16-5-2-1-4-15(16)25-8-10-26(11-9-25)17(28)12-14-13-30-20(23-14)24-19(29)18-21-6-3-7-22-18/h1-7,13,27H,8-12H2,(H,23,24,29). The number of hydrogen-bond acceptors (Lipinski definition) is 8. The van der Waals surface area contributed by atoms with Crippen molar-refractivity contribution in [2.45, 2.75) is 6.42 Å². The summed E-state index contributed by atoms with van der Waals surface area (Å²) in [5, 5.41) is 14.8. The fourth-order valence-corrected chi connectivity index (χ4v) is 3.92. The van der Waals surface area contributed by atoms with E-state index in [-0.39, 0.29) is 23.9 Å². The van der Waals surface area contributed by atoms with Gasteiger partial charge in [-0.15, -0.1) is 11.3 Å². The molecular weight excluding hydrogens is 404 g/mol. The molecule has 1 aromatic carbocycles. The number of carbonyl (C=O) groups excluding carboxylic acids is 2. The first kappa shape index (κ1) is 19.8. The monoisotopic (exact) mass is 424 g/mol. The number of aromatic hydroxyl groups is 1. The Morgan fingerprint density at radius 1 is 1.07 bits per heavy atom. The zero-order chi connectivity index (χ0) is 20.9. The molecule has 1 saturated heterocycles. The number of benzene rings is 1. The molecule has 3 aromatic rings. The summed E-state index contributed by atoms with van der Waals surface area (Å²) in [5.74, 6) is -0.146. The third kappa shape index (κ3) is 4.54. The molecule has 9 nitrogen and oxygen atoms in total. The van der Waals surface area contributed by atoms with Crippen molar-refractivity contribution in [1.82, 2.24) is 19.9 Å². The average molecular weight is 424 g/mol. The van der Waals surface area contributed by atoms with Gasteiger partial charge in [-0.3, -0.25) is 14.9 Å². The maximum atomic E-state index is 12.6. The Hall–Kier alpha value is -3.53. The number of anilines is 2. The molecule has 0 unspecified atom stereocenters. The van der Waals surface area contributed by atoms with Crippen LogP contribution in [-0.4, -0.2) is 63.0 Å². The van der Waals surface area contributed by atoms with E-state index < -0.39 is 5.91 Å². The molecule has 4 rings (SSSR count). The lowest BCUT2D eigenvalue weighted by Gasteiger charge is -2.36. The smallest absolute Gasteiger partial charge is 0.295 e. The highest BCUT2D eigenvalue weighted by atomic mass is 32.1. The normalized spacial score (nSPS) is 13.9. The van der Waals surface area contributed by atoms with Crippen molar-refractivity contribution < 1.29 is 14.7 Å². The van der Waals surface area contributed by atoms with E-state index in [1.165, 1.54) is 23.7 Å². The predicted molar refractivity (Wildman–Crippen MR) is 113 cm³/mol. The number of nitrogens with one attached hydrogen (secondary N) is 1. The molecule has 2 aromatic heterocycles. The summed E-state index contributed by atoms with van der Waals surface area (Å²) >= 11 is 1.26. The van der Waals surface area contributed by atoms with Crippen molar-refractivity contribution in [3.8, 4) is 5.75 Å². The van der Waals surface area contributed by atoms with Crippen LogP contribution in [0.4, 0.5) is 10.8 Å². The molecule has 0 saturated carbocycles. The molecule has 0 aliphatic carbocycles. The molecule has 1 aliphatic rings. The first-order chi connectivity index (χ1) is 14.6. The van der Waals surface area contributed by atoms with Crippen LogP contribution in [0.25, 0.3) is 0 Å². The van der Waals surface area contributed by atoms with Gasteiger partial charge in [-0.1, -0.05) is 12.1 Å². The highest BCUT2D eigenvalue weighted by molar-refractivity contribution is 7.14. The van der Waals surface area contributed by atoms with Gasteiger partial charge in [0.1, 0.15) is 5.75 Å². The zero-order valence-electron chi connectivity index (χ0n) is 16.1. The maximum absolute atomic E-state index is 12.6. The molecular formula is C20H20N6O3S. The Balaban J connectivity index is 1.30. The summed E-state index contributed by atoms with van der Waals surface area (Å²) in [6.07, 6.45) is 3.16. The number of phenolic OH excluding ortho intramolecular Hbond substituents is 1. The summed E-state index contributed by atoms with van der Waals surface area (Å²) in [6, 6.07) is 8.84. The third-order valence-electron chi connectivity index (χ3n) is 4.73. The number of phenols is 1. The van der Waals surface area contributed by atoms with Crippen molar-refractivity contribution in [2.75, 3.05) is 36.4 Å². The van der Waals surface area contributed by atoms with Gasteiger partial charge in [0.25, 0.3) is 5.91 Å². The SMILES string of the molecule is O=C(Nc1nc(CC(=O)N2CCN(c3ccccc3O)CC2)cs1)c1ncccn1. The summed E-state index contributed by atoms with van der Waals surface area (Å²) < 4.78 is 0. The van der Waals surface area contributed by atoms with Crippen molar-refractivity contribution in [2.24, 2.45) is 0 Å². The Morgan fingerprint density at radius 3 is 2.53 bits per heavy atom. The number of carbonyl (C=O) groups is 2. The lowest BCUT2D eigenvalue weighted by Crippen LogP contribution is -2.49. The molecule has 154 valence electrons. The summed E-state index contributed by atoms with van der Waals surface area (Å²) in [7, 11) is 0. The number of amides is 2. The van der Waals surface area contributed by atoms with Gasteiger partial charge in [-0.2, -0.15) is 0 Å². The second-order valence-electron chi connectivity index (χ2n) is 6.70. The molecule has 2 N–H and O–H groups in total. The van der Waals surface area contributed by atoms with Gasteiger partial charge in [0.2, 0.25) is 11.7 Å². The van der Waals surface area contributed by atoms with E-state index in [1.54, 1.807) is 28.5 Å². The minimum Gasteiger partial charge on any atom is -0.506 e. The molecule has 0 bridgehead atoms. The van der Waals surface area contributed by atoms with E-state index in [4.69, 9.17) is 0 Å². The average Bonchev–Trinajstić information content (AvgIpc) is 3.21. The van der Waals surface area contributed by atoms with E-state index in [1.807, 2.05) is 12.1 Å². The van der Waals surface area contributed by atoms with E-state index >= 15 is 0 Å². The molecule has 0 spiro atoms. The number of rotatable bonds is 5. The highest BCUT2D eigenvalue weighted by Crippen LogP contribution is 2.27. The molecule has 0 radical (unpaired) electrons. The summed E-state index contributed by atoms with van der Waals surface area (Å²) in [4.78, 5) is 40.7. The van der Waals surface area contributed by atoms with Crippen molar-refractivity contribution in [1.29, 1.82) is 0 Å². The number of para-hydroxylation sites is 2. The predicted octanol–water partition coefficient (Wildman–Crippen LogP) is 1.78. The summed E-state index contributed by atoms with van der Waals surface area (Å²) in [6.45, 7) is 2.45. The van der Waals surface area contributed by atoms with Crippen LogP contribution in [0.1, 0.15) is 16.3 Å². The fourth-order valence-electron chi connectivity index (χ4n) is 3.21. The van der Waals surface area contributed by atoms with Gasteiger partial charge in [0.05, 0.1) is 17.8 Å². The van der Waals surface area contributed by atoms with Crippen LogP contribution in [0.5, 0.6) is 5.75 Å². The van der Waals surface area contributed by atoms with Gasteiger partial charge in [-0.25, -0.2) is 15.0 Å². The Labute approximate surface area is 177 Å². The zero-order valence-corrected chi connectivity index (χ0v) is 16.9. The second kappa shape index (κ2) is 8.87. The van der Waals surface area contributed by atoms with Crippen LogP contribution in [0.15, 0.2) is 48.1 Å².